The van der Waals surface area contributed by atoms with Gasteiger partial charge in [0.25, 0.3) is 6.43 Å². The number of nitrogens with two attached hydrogens (primary N) is 1. The topological polar surface area (TPSA) is 124 Å². The van der Waals surface area contributed by atoms with Gasteiger partial charge >= 0.3 is 0 Å². The number of hydrogen-bond acceptors (Lipinski definition) is 8. The van der Waals surface area contributed by atoms with Gasteiger partial charge in [-0.3, -0.25) is 0 Å². The number of nitrogens with zero attached hydrogens (tertiary/aromatic N) is 5. The molecule has 3 aromatic heterocycles. The van der Waals surface area contributed by atoms with Crippen LogP contribution in [0.5, 0.6) is 5.88 Å². The Morgan fingerprint density at radius 2 is 2.12 bits per heavy atom. The average Bonchev–Trinajstić information content (AvgIpc) is 3.05. The summed E-state index contributed by atoms with van der Waals surface area (Å²) in [5, 5.41) is 16.4. The third-order valence-electron chi connectivity index (χ3n) is 3.50. The number of rotatable bonds is 5. The molecule has 0 fully saturated rings. The van der Waals surface area contributed by atoms with E-state index in [4.69, 9.17) is 15.7 Å². The number of anilines is 1. The number of fused-ring (bicyclic) bond motifs is 1. The third kappa shape index (κ3) is 3.30. The highest BCUT2D eigenvalue weighted by Crippen LogP contribution is 2.26. The van der Waals surface area contributed by atoms with Gasteiger partial charge in [0.15, 0.2) is 12.1 Å². The zero-order valence-electron chi connectivity index (χ0n) is 13.0. The minimum atomic E-state index is -2.67. The van der Waals surface area contributed by atoms with Gasteiger partial charge in [0.1, 0.15) is 11.6 Å². The summed E-state index contributed by atoms with van der Waals surface area (Å²) in [6, 6.07) is 4.91. The molecule has 0 aliphatic rings. The molecule has 2 N–H and O–H groups in total. The van der Waals surface area contributed by atoms with Crippen LogP contribution in [0.25, 0.3) is 11.2 Å². The Balaban J connectivity index is 1.95. The monoisotopic (exact) mass is 346 g/mol. The van der Waals surface area contributed by atoms with E-state index in [1.807, 2.05) is 6.07 Å². The fraction of sp³-hybridized carbons (Fsp3) is 0.267. The second-order valence-electron chi connectivity index (χ2n) is 5.17. The van der Waals surface area contributed by atoms with Gasteiger partial charge in [0.2, 0.25) is 11.5 Å². The Kier molecular flexibility index (Phi) is 4.38. The van der Waals surface area contributed by atoms with Crippen LogP contribution >= 0.6 is 0 Å². The van der Waals surface area contributed by atoms with Gasteiger partial charge in [0.05, 0.1) is 5.69 Å². The van der Waals surface area contributed by atoms with Crippen LogP contribution in [0.1, 0.15) is 22.5 Å². The molecule has 3 aromatic rings. The normalized spacial score (nSPS) is 11.0. The van der Waals surface area contributed by atoms with Crippen molar-refractivity contribution in [3.63, 3.8) is 0 Å². The number of hydrogen-bond donors (Lipinski definition) is 1. The largest absolute Gasteiger partial charge is 0.471 e. The number of alkyl halides is 2. The number of pyridine rings is 2. The summed E-state index contributed by atoms with van der Waals surface area (Å²) in [4.78, 5) is 8.39. The van der Waals surface area contributed by atoms with Gasteiger partial charge in [-0.25, -0.2) is 23.4 Å². The maximum absolute atomic E-state index is 12.3. The summed E-state index contributed by atoms with van der Waals surface area (Å²) >= 11 is 0. The number of aromatic nitrogens is 4. The van der Waals surface area contributed by atoms with Gasteiger partial charge in [0, 0.05) is 23.4 Å². The molecule has 25 heavy (non-hydrogen) atoms. The van der Waals surface area contributed by atoms with Crippen molar-refractivity contribution >= 4 is 16.9 Å². The predicted molar refractivity (Wildman–Crippen MR) is 82.0 cm³/mol. The SMILES string of the molecule is Cc1nc2nonc2c(N)c1Cc1ccc(C#N)c(OCC(F)F)n1. The maximum Gasteiger partial charge on any atom is 0.272 e. The first-order valence-electron chi connectivity index (χ1n) is 7.17. The first kappa shape index (κ1) is 16.5. The Hall–Kier alpha value is -3.35. The van der Waals surface area contributed by atoms with Crippen molar-refractivity contribution in [1.82, 2.24) is 20.3 Å². The van der Waals surface area contributed by atoms with Crippen LogP contribution in [0, 0.1) is 18.3 Å². The molecule has 0 atom stereocenters. The minimum Gasteiger partial charge on any atom is -0.471 e. The average molecular weight is 346 g/mol. The summed E-state index contributed by atoms with van der Waals surface area (Å²) in [6.07, 6.45) is -2.41. The smallest absolute Gasteiger partial charge is 0.272 e. The number of ether oxygens (including phenoxy) is 1. The highest BCUT2D eigenvalue weighted by Gasteiger charge is 2.17. The zero-order valence-corrected chi connectivity index (χ0v) is 13.0. The van der Waals surface area contributed by atoms with E-state index < -0.39 is 13.0 Å². The lowest BCUT2D eigenvalue weighted by atomic mass is 10.0. The summed E-state index contributed by atoms with van der Waals surface area (Å²) < 4.78 is 34.2. The molecule has 0 aromatic carbocycles. The second kappa shape index (κ2) is 6.64. The van der Waals surface area contributed by atoms with Gasteiger partial charge in [-0.2, -0.15) is 5.26 Å². The third-order valence-corrected chi connectivity index (χ3v) is 3.50. The van der Waals surface area contributed by atoms with E-state index in [0.29, 0.717) is 33.8 Å². The van der Waals surface area contributed by atoms with E-state index in [0.717, 1.165) is 0 Å². The molecule has 10 heteroatoms. The van der Waals surface area contributed by atoms with Crippen molar-refractivity contribution in [1.29, 1.82) is 5.26 Å². The molecular formula is C15H12F2N6O2. The van der Waals surface area contributed by atoms with Gasteiger partial charge in [-0.15, -0.1) is 0 Å². The fourth-order valence-corrected chi connectivity index (χ4v) is 2.31. The van der Waals surface area contributed by atoms with Crippen molar-refractivity contribution in [2.24, 2.45) is 0 Å². The molecule has 0 aliphatic heterocycles. The van der Waals surface area contributed by atoms with Crippen molar-refractivity contribution in [2.45, 2.75) is 19.8 Å². The Morgan fingerprint density at radius 3 is 2.84 bits per heavy atom. The Labute approximate surface area is 140 Å². The van der Waals surface area contributed by atoms with Crippen molar-refractivity contribution < 1.29 is 18.1 Å². The fourth-order valence-electron chi connectivity index (χ4n) is 2.31. The van der Waals surface area contributed by atoms with Gasteiger partial charge < -0.3 is 10.5 Å². The second-order valence-corrected chi connectivity index (χ2v) is 5.17. The molecule has 0 aliphatic carbocycles. The van der Waals surface area contributed by atoms with E-state index in [2.05, 4.69) is 24.9 Å². The van der Waals surface area contributed by atoms with Crippen LogP contribution in [0.2, 0.25) is 0 Å². The molecule has 0 bridgehead atoms. The quantitative estimate of drug-likeness (QED) is 0.744. The molecule has 0 unspecified atom stereocenters. The lowest BCUT2D eigenvalue weighted by Crippen LogP contribution is -2.10. The van der Waals surface area contributed by atoms with Gasteiger partial charge in [-0.1, -0.05) is 0 Å². The Bertz CT molecular complexity index is 967. The Morgan fingerprint density at radius 1 is 1.32 bits per heavy atom. The van der Waals surface area contributed by atoms with E-state index in [1.165, 1.54) is 6.07 Å². The molecule has 3 heterocycles. The molecule has 0 spiro atoms. The number of aryl methyl sites for hydroxylation is 1. The van der Waals surface area contributed by atoms with Crippen molar-refractivity contribution in [3.8, 4) is 11.9 Å². The molecule has 8 nitrogen and oxygen atoms in total. The molecule has 0 saturated heterocycles. The first-order chi connectivity index (χ1) is 12.0. The summed E-state index contributed by atoms with van der Waals surface area (Å²) in [6.45, 7) is 0.905. The van der Waals surface area contributed by atoms with Crippen LogP contribution in [0.3, 0.4) is 0 Å². The molecular weight excluding hydrogens is 334 g/mol. The number of halogens is 2. The van der Waals surface area contributed by atoms with E-state index >= 15 is 0 Å². The molecule has 128 valence electrons. The van der Waals surface area contributed by atoms with E-state index in [-0.39, 0.29) is 17.9 Å². The van der Waals surface area contributed by atoms with E-state index in [9.17, 15) is 8.78 Å². The summed E-state index contributed by atoms with van der Waals surface area (Å²) in [5.74, 6) is -0.145. The molecule has 3 rings (SSSR count). The van der Waals surface area contributed by atoms with Crippen LogP contribution in [-0.4, -0.2) is 33.3 Å². The maximum atomic E-state index is 12.3. The number of nitrogen functional groups attached to an aromatic ring is 1. The van der Waals surface area contributed by atoms with Crippen LogP contribution in [-0.2, 0) is 6.42 Å². The molecule has 0 saturated carbocycles. The minimum absolute atomic E-state index is 0.0726. The standard InChI is InChI=1S/C15H12F2N6O2/c1-7-10(12(19)13-14(20-7)23-25-22-13)4-9-3-2-8(5-18)15(21-9)24-6-11(16)17/h2-3,11H,4,6,19H2,1H3. The summed E-state index contributed by atoms with van der Waals surface area (Å²) in [5.41, 5.74) is 8.90. The van der Waals surface area contributed by atoms with Crippen molar-refractivity contribution in [2.75, 3.05) is 12.3 Å². The lowest BCUT2D eigenvalue weighted by Gasteiger charge is -2.11. The predicted octanol–water partition coefficient (Wildman–Crippen LogP) is 2.01. The highest BCUT2D eigenvalue weighted by molar-refractivity contribution is 5.85. The first-order valence-corrected chi connectivity index (χ1v) is 7.17. The van der Waals surface area contributed by atoms with Crippen molar-refractivity contribution in [3.05, 3.63) is 34.6 Å². The van der Waals surface area contributed by atoms with Crippen LogP contribution in [0.15, 0.2) is 16.8 Å². The number of nitriles is 1. The zero-order chi connectivity index (χ0) is 18.0. The van der Waals surface area contributed by atoms with E-state index in [1.54, 1.807) is 13.0 Å². The molecule has 0 amide bonds. The lowest BCUT2D eigenvalue weighted by molar-refractivity contribution is 0.0793. The van der Waals surface area contributed by atoms with Gasteiger partial charge in [-0.05, 0) is 29.4 Å². The molecule has 0 radical (unpaired) electrons. The van der Waals surface area contributed by atoms with Crippen LogP contribution in [0.4, 0.5) is 14.5 Å². The van der Waals surface area contributed by atoms with Crippen LogP contribution < -0.4 is 10.5 Å². The highest BCUT2D eigenvalue weighted by atomic mass is 19.3. The summed E-state index contributed by atoms with van der Waals surface area (Å²) in [7, 11) is 0.